The Morgan fingerprint density at radius 1 is 0.366 bits per heavy atom. The van der Waals surface area contributed by atoms with Crippen molar-refractivity contribution in [2.75, 3.05) is 89.5 Å². The summed E-state index contributed by atoms with van der Waals surface area (Å²) in [6, 6.07) is 70.7. The molecule has 0 aliphatic rings. The number of carbonyl (C=O) groups excluding carboxylic acids is 2. The fraction of sp³-hybridized carbons (Fsp3) is 0.440. The van der Waals surface area contributed by atoms with Crippen LogP contribution in [0.25, 0.3) is 0 Å². The molecule has 0 saturated heterocycles. The van der Waals surface area contributed by atoms with Crippen molar-refractivity contribution in [3.05, 3.63) is 285 Å². The van der Waals surface area contributed by atoms with Gasteiger partial charge in [-0.05, 0) is 239 Å². The van der Waals surface area contributed by atoms with Gasteiger partial charge in [0, 0.05) is 30.8 Å². The summed E-state index contributed by atoms with van der Waals surface area (Å²) in [6.07, 6.45) is 0. The molecule has 0 saturated carbocycles. The van der Waals surface area contributed by atoms with E-state index in [1.54, 1.807) is 45.4 Å². The number of phenols is 2. The number of carbonyl (C=O) groups is 2. The molecule has 12 nitrogen and oxygen atoms in total. The van der Waals surface area contributed by atoms with E-state index in [0.717, 1.165) is 53.6 Å². The third-order valence-corrected chi connectivity index (χ3v) is 17.8. The summed E-state index contributed by atoms with van der Waals surface area (Å²) in [5.41, 5.74) is 15.8. The average molecular weight is 1530 g/mol. The van der Waals surface area contributed by atoms with Crippen molar-refractivity contribution < 1.29 is 38.7 Å². The number of likely N-dealkylation sites (N-methyl/N-ethyl adjacent to an activating group) is 2. The number of methoxy groups -OCH3 is 2. The zero-order chi connectivity index (χ0) is 83.9. The van der Waals surface area contributed by atoms with Crippen LogP contribution in [0, 0.1) is 13.8 Å². The molecule has 0 atom stereocenters. The normalized spacial score (nSPS) is 10.5. The molecule has 9 rings (SSSR count). The lowest BCUT2D eigenvalue weighted by Gasteiger charge is -2.12. The summed E-state index contributed by atoms with van der Waals surface area (Å²) in [5, 5.41) is 21.4. The van der Waals surface area contributed by atoms with Crippen LogP contribution in [0.15, 0.2) is 212 Å². The molecule has 0 fully saturated rings. The second kappa shape index (κ2) is 56.9. The molecule has 0 unspecified atom stereocenters. The third-order valence-electron chi connectivity index (χ3n) is 17.8. The second-order valence-corrected chi connectivity index (χ2v) is 31.5. The van der Waals surface area contributed by atoms with Gasteiger partial charge in [-0.1, -0.05) is 283 Å². The number of rotatable bonds is 23. The fourth-order valence-corrected chi connectivity index (χ4v) is 10.00. The zero-order valence-corrected chi connectivity index (χ0v) is 73.6. The van der Waals surface area contributed by atoms with Crippen LogP contribution in [0.5, 0.6) is 34.5 Å². The molecule has 0 spiro atoms. The van der Waals surface area contributed by atoms with E-state index >= 15 is 0 Å². The lowest BCUT2D eigenvalue weighted by Crippen LogP contribution is -2.31. The first-order valence-corrected chi connectivity index (χ1v) is 39.6. The number of nitrogens with zero attached hydrogens (tertiary/aromatic N) is 3. The quantitative estimate of drug-likeness (QED) is 0.0418. The van der Waals surface area contributed by atoms with E-state index in [0.29, 0.717) is 78.0 Å². The molecule has 1 amide bonds. The highest BCUT2D eigenvalue weighted by molar-refractivity contribution is 5.94. The molecule has 0 heterocycles. The van der Waals surface area contributed by atoms with E-state index in [1.165, 1.54) is 55.6 Å². The molecule has 0 bridgehead atoms. The van der Waals surface area contributed by atoms with Crippen molar-refractivity contribution in [3.63, 3.8) is 0 Å². The lowest BCUT2D eigenvalue weighted by atomic mass is 10.0. The molecule has 0 aliphatic carbocycles. The number of nitrogens with one attached hydrogen (secondary N) is 1. The highest BCUT2D eigenvalue weighted by Crippen LogP contribution is 2.30. The van der Waals surface area contributed by atoms with Crippen molar-refractivity contribution in [2.24, 2.45) is 0 Å². The summed E-state index contributed by atoms with van der Waals surface area (Å²) in [6.45, 7) is 48.5. The Hall–Kier alpha value is -9.20. The summed E-state index contributed by atoms with van der Waals surface area (Å²) < 4.78 is 21.3. The van der Waals surface area contributed by atoms with Crippen LogP contribution in [0.3, 0.4) is 0 Å². The van der Waals surface area contributed by atoms with E-state index in [9.17, 15) is 14.7 Å². The minimum atomic E-state index is 0. The van der Waals surface area contributed by atoms with Crippen LogP contribution < -0.4 is 24.3 Å². The first-order valence-electron chi connectivity index (χ1n) is 39.6. The smallest absolute Gasteiger partial charge is 0.251 e. The Morgan fingerprint density at radius 2 is 0.714 bits per heavy atom. The second-order valence-electron chi connectivity index (χ2n) is 31.5. The molecule has 0 aromatic heterocycles. The van der Waals surface area contributed by atoms with E-state index < -0.39 is 0 Å². The molecular formula is C100H148N4O8. The number of aryl methyl sites for hydroxylation is 2. The molecule has 0 radical (unpaired) electrons. The summed E-state index contributed by atoms with van der Waals surface area (Å²) in [7, 11) is 15.3. The van der Waals surface area contributed by atoms with Gasteiger partial charge in [-0.15, -0.1) is 0 Å². The van der Waals surface area contributed by atoms with Crippen LogP contribution in [0.4, 0.5) is 0 Å². The first kappa shape index (κ1) is 103. The van der Waals surface area contributed by atoms with Gasteiger partial charge in [-0.3, -0.25) is 14.5 Å². The van der Waals surface area contributed by atoms with Crippen LogP contribution in [0.2, 0.25) is 0 Å². The average Bonchev–Trinajstić information content (AvgIpc) is 0.875. The third kappa shape index (κ3) is 44.7. The van der Waals surface area contributed by atoms with E-state index in [2.05, 4.69) is 240 Å². The number of Topliss-reactive ketones (excluding diaryl/α,β-unsaturated/α-hetero) is 1. The number of ketones is 1. The maximum Gasteiger partial charge on any atom is 0.251 e. The standard InChI is InChI=1S/C14H22N2O.C13H21NO.C12H19NO.C11H16O.C11H14O.C10H14O2.C10H14.C9H12O.C9H12.CH4/c1-11(2)12-5-7-13(8-6-12)14(17)15-9-10-16(3)4;1-11(2)12-5-7-13(8-6-12)15-10-9-14(3)4;1-10(2)11-5-7-12(8-6-11)14-9-13(3)4;1-8(2)10-6-5-9(3)11(7-10)12-4;1-8(2)10-4-6-11(7-5-10)9(3)12;1-7(2)8-4-5-10(12-3)9(11)6-8;1-8(2)10-6-4-9(3)5-7-10;1-7(2)8-4-3-5-9(10)6-8;1-8(2)9-6-4-3-5-7-9;/h5-8,11H,9-10H2,1-4H3,(H,15,17);5-8,11H,9-10H2,1-4H3;5-8,10H,9H2,1-4H3;5-8H,1-4H3;4-8H,1-3H3;4-7,11H,1-3H3;4-8H,1-3H3;3-7,10H,1-2H3;3-8H,1-2H3;1H4. The number of hydrogen-bond acceptors (Lipinski definition) is 11. The fourth-order valence-electron chi connectivity index (χ4n) is 10.00. The van der Waals surface area contributed by atoms with Gasteiger partial charge in [0.1, 0.15) is 36.3 Å². The highest BCUT2D eigenvalue weighted by atomic mass is 16.5. The molecule has 12 heteroatoms. The Kier molecular flexibility index (Phi) is 52.2. The van der Waals surface area contributed by atoms with Crippen LogP contribution in [0.1, 0.15) is 274 Å². The van der Waals surface area contributed by atoms with Gasteiger partial charge in [-0.25, -0.2) is 0 Å². The molecule has 112 heavy (non-hydrogen) atoms. The summed E-state index contributed by atoms with van der Waals surface area (Å²) in [5.74, 6) is 9.11. The molecule has 3 N–H and O–H groups in total. The first-order chi connectivity index (χ1) is 52.3. The van der Waals surface area contributed by atoms with Crippen LogP contribution in [-0.2, 0) is 0 Å². The largest absolute Gasteiger partial charge is 0.508 e. The molecule has 9 aromatic carbocycles. The monoisotopic (exact) mass is 1530 g/mol. The van der Waals surface area contributed by atoms with Crippen molar-refractivity contribution in [3.8, 4) is 34.5 Å². The summed E-state index contributed by atoms with van der Waals surface area (Å²) >= 11 is 0. The van der Waals surface area contributed by atoms with Crippen LogP contribution >= 0.6 is 0 Å². The van der Waals surface area contributed by atoms with Gasteiger partial charge in [0.25, 0.3) is 5.91 Å². The highest BCUT2D eigenvalue weighted by Gasteiger charge is 2.10. The minimum Gasteiger partial charge on any atom is -0.508 e. The number of amides is 1. The maximum atomic E-state index is 11.8. The Bertz CT molecular complexity index is 3900. The lowest BCUT2D eigenvalue weighted by molar-refractivity contribution is 0.0950. The number of hydrogen-bond donors (Lipinski definition) is 3. The van der Waals surface area contributed by atoms with Gasteiger partial charge < -0.3 is 44.3 Å². The van der Waals surface area contributed by atoms with E-state index in [4.69, 9.17) is 24.1 Å². The molecule has 9 aromatic rings. The topological polar surface area (TPSA) is 133 Å². The van der Waals surface area contributed by atoms with Gasteiger partial charge in [-0.2, -0.15) is 0 Å². The van der Waals surface area contributed by atoms with Gasteiger partial charge in [0.2, 0.25) is 0 Å². The van der Waals surface area contributed by atoms with Crippen molar-refractivity contribution in [1.29, 1.82) is 0 Å². The summed E-state index contributed by atoms with van der Waals surface area (Å²) in [4.78, 5) is 28.9. The number of benzene rings is 9. The van der Waals surface area contributed by atoms with Gasteiger partial charge >= 0.3 is 0 Å². The van der Waals surface area contributed by atoms with Crippen molar-refractivity contribution in [2.45, 2.75) is 206 Å². The minimum absolute atomic E-state index is 0. The zero-order valence-electron chi connectivity index (χ0n) is 73.6. The Labute approximate surface area is 681 Å². The predicted octanol–water partition coefficient (Wildman–Crippen LogP) is 25.3. The van der Waals surface area contributed by atoms with Gasteiger partial charge in [0.05, 0.1) is 14.2 Å². The van der Waals surface area contributed by atoms with Crippen molar-refractivity contribution >= 4 is 11.7 Å². The Balaban J connectivity index is 0.00000124. The molecule has 616 valence electrons. The maximum absolute atomic E-state index is 11.8. The number of phenolic OH excluding ortho intramolecular Hbond substituents is 2. The SMILES string of the molecule is C.CC(=O)c1ccc(C(C)C)cc1.CC(C)c1ccc(C(=O)NCCN(C)C)cc1.CC(C)c1ccc(OCCN(C)C)cc1.CC(C)c1ccc(OCN(C)C)cc1.CC(C)c1cccc(O)c1.CC(C)c1ccccc1.COc1cc(C(C)C)ccc1C.COc1ccc(C(C)C)cc1O.Cc1ccc(C(C)C)cc1. The number of ether oxygens (including phenoxy) is 4. The van der Waals surface area contributed by atoms with E-state index in [1.807, 2.05) is 149 Å². The van der Waals surface area contributed by atoms with Gasteiger partial charge in [0.15, 0.2) is 17.3 Å². The van der Waals surface area contributed by atoms with E-state index in [-0.39, 0.29) is 24.9 Å². The molecular weight excluding hydrogens is 1390 g/mol. The molecule has 0 aliphatic heterocycles. The van der Waals surface area contributed by atoms with Crippen LogP contribution in [-0.4, -0.2) is 126 Å². The Morgan fingerprint density at radius 3 is 1.07 bits per heavy atom. The number of aromatic hydroxyl groups is 2. The predicted molar refractivity (Wildman–Crippen MR) is 482 cm³/mol. The van der Waals surface area contributed by atoms with Crippen molar-refractivity contribution in [1.82, 2.24) is 20.0 Å².